The van der Waals surface area contributed by atoms with Crippen LogP contribution in [0.3, 0.4) is 0 Å². The van der Waals surface area contributed by atoms with Crippen LogP contribution in [0.4, 0.5) is 0 Å². The van der Waals surface area contributed by atoms with Gasteiger partial charge in [0.05, 0.1) is 0 Å². The Labute approximate surface area is 119 Å². The molecule has 0 bridgehead atoms. The van der Waals surface area contributed by atoms with Crippen molar-refractivity contribution in [2.75, 3.05) is 6.54 Å². The lowest BCUT2D eigenvalue weighted by atomic mass is 10.1. The maximum Gasteiger partial charge on any atom is 0.328 e. The predicted molar refractivity (Wildman–Crippen MR) is 81.4 cm³/mol. The summed E-state index contributed by atoms with van der Waals surface area (Å²) in [6.45, 7) is 10.9. The van der Waals surface area contributed by atoms with E-state index in [1.165, 1.54) is 11.0 Å². The Kier molecular flexibility index (Phi) is 6.25. The van der Waals surface area contributed by atoms with Gasteiger partial charge in [0.25, 0.3) is 0 Å². The van der Waals surface area contributed by atoms with E-state index in [2.05, 4.69) is 38.7 Å². The van der Waals surface area contributed by atoms with Gasteiger partial charge in [-0.25, -0.2) is 4.79 Å². The second-order valence-corrected chi connectivity index (χ2v) is 6.43. The molecule has 1 aromatic rings. The number of carboxylic acids is 1. The van der Waals surface area contributed by atoms with Gasteiger partial charge in [0, 0.05) is 30.1 Å². The average Bonchev–Trinajstić information content (AvgIpc) is 2.72. The molecule has 0 atom stereocenters. The van der Waals surface area contributed by atoms with Crippen molar-refractivity contribution >= 4 is 23.4 Å². The van der Waals surface area contributed by atoms with Crippen LogP contribution >= 0.6 is 11.3 Å². The molecule has 0 saturated heterocycles. The van der Waals surface area contributed by atoms with Crippen LogP contribution in [0.15, 0.2) is 17.5 Å². The first-order valence-corrected chi connectivity index (χ1v) is 7.49. The number of thiophene rings is 1. The number of rotatable bonds is 7. The molecule has 0 aliphatic rings. The largest absolute Gasteiger partial charge is 0.478 e. The van der Waals surface area contributed by atoms with Crippen molar-refractivity contribution in [2.24, 2.45) is 5.92 Å². The summed E-state index contributed by atoms with van der Waals surface area (Å²) in [6, 6.07) is 2.59. The first-order chi connectivity index (χ1) is 8.88. The van der Waals surface area contributed by atoms with E-state index in [0.717, 1.165) is 18.7 Å². The van der Waals surface area contributed by atoms with Crippen LogP contribution in [0, 0.1) is 5.92 Å². The fraction of sp³-hybridized carbons (Fsp3) is 0.533. The lowest BCUT2D eigenvalue weighted by molar-refractivity contribution is -0.131. The van der Waals surface area contributed by atoms with E-state index in [1.54, 1.807) is 17.4 Å². The molecule has 0 amide bonds. The van der Waals surface area contributed by atoms with Crippen LogP contribution in [0.2, 0.25) is 0 Å². The van der Waals surface area contributed by atoms with Crippen LogP contribution in [0.1, 0.15) is 38.1 Å². The number of hydrogen-bond acceptors (Lipinski definition) is 3. The highest BCUT2D eigenvalue weighted by Gasteiger charge is 2.12. The number of hydrogen-bond donors (Lipinski definition) is 1. The zero-order valence-electron chi connectivity index (χ0n) is 12.1. The van der Waals surface area contributed by atoms with E-state index in [-0.39, 0.29) is 0 Å². The van der Waals surface area contributed by atoms with Crippen molar-refractivity contribution in [2.45, 2.75) is 40.3 Å². The number of carboxylic acid groups (broad SMARTS) is 1. The topological polar surface area (TPSA) is 40.5 Å². The molecule has 0 radical (unpaired) electrons. The number of nitrogens with zero attached hydrogens (tertiary/aromatic N) is 1. The molecule has 0 aliphatic carbocycles. The summed E-state index contributed by atoms with van der Waals surface area (Å²) >= 11 is 1.69. The Hall–Kier alpha value is -1.13. The van der Waals surface area contributed by atoms with Crippen LogP contribution in [0.5, 0.6) is 0 Å². The Bertz CT molecular complexity index is 435. The van der Waals surface area contributed by atoms with Gasteiger partial charge in [0.2, 0.25) is 0 Å². The van der Waals surface area contributed by atoms with E-state index in [0.29, 0.717) is 12.0 Å². The fourth-order valence-corrected chi connectivity index (χ4v) is 2.74. The van der Waals surface area contributed by atoms with Crippen molar-refractivity contribution in [3.05, 3.63) is 28.0 Å². The molecule has 19 heavy (non-hydrogen) atoms. The van der Waals surface area contributed by atoms with Gasteiger partial charge in [-0.3, -0.25) is 4.90 Å². The molecule has 106 valence electrons. The van der Waals surface area contributed by atoms with Crippen LogP contribution < -0.4 is 0 Å². The van der Waals surface area contributed by atoms with Crippen molar-refractivity contribution < 1.29 is 9.90 Å². The minimum absolute atomic E-state index is 0.516. The molecule has 0 saturated carbocycles. The molecule has 3 nitrogen and oxygen atoms in total. The average molecular weight is 281 g/mol. The molecule has 0 spiro atoms. The van der Waals surface area contributed by atoms with Gasteiger partial charge in [-0.15, -0.1) is 11.3 Å². The highest BCUT2D eigenvalue weighted by Crippen LogP contribution is 2.19. The van der Waals surface area contributed by atoms with Crippen molar-refractivity contribution in [1.29, 1.82) is 0 Å². The fourth-order valence-electron chi connectivity index (χ4n) is 1.86. The first kappa shape index (κ1) is 15.9. The second-order valence-electron chi connectivity index (χ2n) is 5.43. The smallest absolute Gasteiger partial charge is 0.328 e. The monoisotopic (exact) mass is 281 g/mol. The SMILES string of the molecule is CC(C)CN(Cc1cc(C=CC(=O)O)cs1)C(C)C. The molecule has 0 aliphatic heterocycles. The Balaban J connectivity index is 2.67. The highest BCUT2D eigenvalue weighted by molar-refractivity contribution is 7.10. The summed E-state index contributed by atoms with van der Waals surface area (Å²) in [4.78, 5) is 14.2. The summed E-state index contributed by atoms with van der Waals surface area (Å²) in [7, 11) is 0. The molecule has 0 aromatic carbocycles. The Morgan fingerprint density at radius 2 is 2.11 bits per heavy atom. The van der Waals surface area contributed by atoms with E-state index in [4.69, 9.17) is 5.11 Å². The van der Waals surface area contributed by atoms with Crippen molar-refractivity contribution in [1.82, 2.24) is 4.90 Å². The minimum Gasteiger partial charge on any atom is -0.478 e. The molecule has 4 heteroatoms. The van der Waals surface area contributed by atoms with Crippen molar-refractivity contribution in [3.63, 3.8) is 0 Å². The summed E-state index contributed by atoms with van der Waals surface area (Å²) in [5, 5.41) is 10.6. The first-order valence-electron chi connectivity index (χ1n) is 6.61. The van der Waals surface area contributed by atoms with Crippen LogP contribution in [0.25, 0.3) is 6.08 Å². The third-order valence-corrected chi connectivity index (χ3v) is 3.72. The number of carbonyl (C=O) groups is 1. The van der Waals surface area contributed by atoms with Crippen molar-refractivity contribution in [3.8, 4) is 0 Å². The van der Waals surface area contributed by atoms with Gasteiger partial charge in [-0.05, 0) is 42.9 Å². The van der Waals surface area contributed by atoms with E-state index >= 15 is 0 Å². The third kappa shape index (κ3) is 6.03. The van der Waals surface area contributed by atoms with E-state index in [1.807, 2.05) is 5.38 Å². The number of aliphatic carboxylic acids is 1. The molecular weight excluding hydrogens is 258 g/mol. The third-order valence-electron chi connectivity index (χ3n) is 2.78. The maximum absolute atomic E-state index is 10.5. The van der Waals surface area contributed by atoms with Crippen LogP contribution in [-0.2, 0) is 11.3 Å². The van der Waals surface area contributed by atoms with E-state index < -0.39 is 5.97 Å². The molecule has 1 rings (SSSR count). The van der Waals surface area contributed by atoms with E-state index in [9.17, 15) is 4.79 Å². The lowest BCUT2D eigenvalue weighted by Gasteiger charge is -2.27. The zero-order chi connectivity index (χ0) is 14.4. The molecule has 1 heterocycles. The van der Waals surface area contributed by atoms with Gasteiger partial charge >= 0.3 is 5.97 Å². The standard InChI is InChI=1S/C15H23NO2S/c1-11(2)8-16(12(3)4)9-14-7-13(10-19-14)5-6-15(17)18/h5-7,10-12H,8-9H2,1-4H3,(H,17,18). The predicted octanol–water partition coefficient (Wildman–Crippen LogP) is 3.71. The lowest BCUT2D eigenvalue weighted by Crippen LogP contribution is -2.33. The van der Waals surface area contributed by atoms with Gasteiger partial charge < -0.3 is 5.11 Å². The quantitative estimate of drug-likeness (QED) is 0.774. The van der Waals surface area contributed by atoms with Crippen LogP contribution in [-0.4, -0.2) is 28.6 Å². The molecule has 1 N–H and O–H groups in total. The molecule has 0 fully saturated rings. The normalized spacial score (nSPS) is 12.2. The Morgan fingerprint density at radius 1 is 1.42 bits per heavy atom. The summed E-state index contributed by atoms with van der Waals surface area (Å²) < 4.78 is 0. The Morgan fingerprint density at radius 3 is 2.63 bits per heavy atom. The van der Waals surface area contributed by atoms with Gasteiger partial charge in [0.1, 0.15) is 0 Å². The summed E-state index contributed by atoms with van der Waals surface area (Å²) in [5.74, 6) is -0.259. The summed E-state index contributed by atoms with van der Waals surface area (Å²) in [6.07, 6.45) is 2.82. The molecule has 1 aromatic heterocycles. The van der Waals surface area contributed by atoms with Gasteiger partial charge in [-0.2, -0.15) is 0 Å². The second kappa shape index (κ2) is 7.46. The summed E-state index contributed by atoms with van der Waals surface area (Å²) in [5.41, 5.74) is 0.968. The maximum atomic E-state index is 10.5. The zero-order valence-corrected chi connectivity index (χ0v) is 12.9. The highest BCUT2D eigenvalue weighted by atomic mass is 32.1. The van der Waals surface area contributed by atoms with Gasteiger partial charge in [-0.1, -0.05) is 13.8 Å². The minimum atomic E-state index is -0.906. The van der Waals surface area contributed by atoms with Gasteiger partial charge in [0.15, 0.2) is 0 Å². The molecular formula is C15H23NO2S. The molecule has 0 unspecified atom stereocenters.